The van der Waals surface area contributed by atoms with Crippen LogP contribution in [0.2, 0.25) is 0 Å². The molecule has 1 saturated heterocycles. The van der Waals surface area contributed by atoms with Crippen molar-refractivity contribution in [3.8, 4) is 0 Å². The maximum absolute atomic E-state index is 12.4. The molecular weight excluding hydrogens is 266 g/mol. The average Bonchev–Trinajstić information content (AvgIpc) is 2.49. The molecule has 5 nitrogen and oxygen atoms in total. The molecule has 0 aliphatic carbocycles. The van der Waals surface area contributed by atoms with Gasteiger partial charge >= 0.3 is 0 Å². The summed E-state index contributed by atoms with van der Waals surface area (Å²) in [6.07, 6.45) is 2.38. The smallest absolute Gasteiger partial charge is 0.245 e. The standard InChI is InChI=1S/C16H23N3O2/c1-12-16(21)19(11-13-7-3-2-4-8-13)14(15(20)18-12)9-5-6-10-17/h2-4,7-8,12,14H,5-6,9-11,17H2,1H3,(H,18,20)/t12-,14-/m0/s1. The molecule has 0 unspecified atom stereocenters. The molecule has 1 aromatic carbocycles. The van der Waals surface area contributed by atoms with Crippen LogP contribution in [0.4, 0.5) is 0 Å². The molecule has 0 spiro atoms. The third-order valence-corrected chi connectivity index (χ3v) is 3.82. The first kappa shape index (κ1) is 15.5. The summed E-state index contributed by atoms with van der Waals surface area (Å²) in [5.41, 5.74) is 6.54. The van der Waals surface area contributed by atoms with Crippen molar-refractivity contribution >= 4 is 11.8 Å². The Morgan fingerprint density at radius 1 is 1.19 bits per heavy atom. The van der Waals surface area contributed by atoms with Gasteiger partial charge in [-0.3, -0.25) is 9.59 Å². The Balaban J connectivity index is 2.13. The number of nitrogens with two attached hydrogens (primary N) is 1. The minimum Gasteiger partial charge on any atom is -0.343 e. The summed E-state index contributed by atoms with van der Waals surface area (Å²) >= 11 is 0. The fourth-order valence-electron chi connectivity index (χ4n) is 2.65. The van der Waals surface area contributed by atoms with Gasteiger partial charge in [0.2, 0.25) is 11.8 Å². The van der Waals surface area contributed by atoms with E-state index in [4.69, 9.17) is 5.73 Å². The summed E-state index contributed by atoms with van der Waals surface area (Å²) in [7, 11) is 0. The molecule has 0 aromatic heterocycles. The molecule has 0 bridgehead atoms. The number of carbonyl (C=O) groups is 2. The summed E-state index contributed by atoms with van der Waals surface area (Å²) in [6.45, 7) is 2.82. The van der Waals surface area contributed by atoms with E-state index in [0.717, 1.165) is 18.4 Å². The number of carbonyl (C=O) groups excluding carboxylic acids is 2. The molecule has 5 heteroatoms. The van der Waals surface area contributed by atoms with Gasteiger partial charge in [-0.25, -0.2) is 0 Å². The third-order valence-electron chi connectivity index (χ3n) is 3.82. The Bertz CT molecular complexity index is 490. The number of amides is 2. The van der Waals surface area contributed by atoms with Crippen molar-refractivity contribution in [2.24, 2.45) is 5.73 Å². The summed E-state index contributed by atoms with van der Waals surface area (Å²) in [5.74, 6) is -0.0775. The largest absolute Gasteiger partial charge is 0.343 e. The highest BCUT2D eigenvalue weighted by Crippen LogP contribution is 2.18. The second-order valence-corrected chi connectivity index (χ2v) is 5.48. The highest BCUT2D eigenvalue weighted by Gasteiger charge is 2.37. The second-order valence-electron chi connectivity index (χ2n) is 5.48. The fraction of sp³-hybridized carbons (Fsp3) is 0.500. The van der Waals surface area contributed by atoms with Crippen LogP contribution in [-0.4, -0.2) is 35.3 Å². The van der Waals surface area contributed by atoms with Crippen LogP contribution in [0.5, 0.6) is 0 Å². The van der Waals surface area contributed by atoms with Crippen molar-refractivity contribution in [2.45, 2.75) is 44.8 Å². The lowest BCUT2D eigenvalue weighted by atomic mass is 10.0. The summed E-state index contributed by atoms with van der Waals surface area (Å²) in [5, 5.41) is 2.76. The quantitative estimate of drug-likeness (QED) is 0.768. The zero-order valence-corrected chi connectivity index (χ0v) is 12.4. The first-order valence-corrected chi connectivity index (χ1v) is 7.48. The Kier molecular flexibility index (Phi) is 5.33. The van der Waals surface area contributed by atoms with Gasteiger partial charge in [0.1, 0.15) is 12.1 Å². The normalized spacial score (nSPS) is 22.3. The fourth-order valence-corrected chi connectivity index (χ4v) is 2.65. The molecule has 1 aromatic rings. The molecule has 2 atom stereocenters. The van der Waals surface area contributed by atoms with Crippen LogP contribution < -0.4 is 11.1 Å². The highest BCUT2D eigenvalue weighted by molar-refractivity contribution is 5.96. The van der Waals surface area contributed by atoms with Crippen molar-refractivity contribution in [1.29, 1.82) is 0 Å². The van der Waals surface area contributed by atoms with Crippen LogP contribution in [0.1, 0.15) is 31.7 Å². The monoisotopic (exact) mass is 289 g/mol. The second kappa shape index (κ2) is 7.22. The number of benzene rings is 1. The van der Waals surface area contributed by atoms with E-state index < -0.39 is 6.04 Å². The van der Waals surface area contributed by atoms with Gasteiger partial charge < -0.3 is 16.0 Å². The van der Waals surface area contributed by atoms with Gasteiger partial charge in [0.15, 0.2) is 0 Å². The third kappa shape index (κ3) is 3.82. The number of nitrogens with one attached hydrogen (secondary N) is 1. The topological polar surface area (TPSA) is 75.4 Å². The lowest BCUT2D eigenvalue weighted by Gasteiger charge is -2.38. The molecule has 3 N–H and O–H groups in total. The molecule has 0 radical (unpaired) electrons. The predicted molar refractivity (Wildman–Crippen MR) is 81.3 cm³/mol. The van der Waals surface area contributed by atoms with Gasteiger partial charge in [-0.1, -0.05) is 30.3 Å². The van der Waals surface area contributed by atoms with Crippen molar-refractivity contribution < 1.29 is 9.59 Å². The minimum absolute atomic E-state index is 0.0174. The summed E-state index contributed by atoms with van der Waals surface area (Å²) in [4.78, 5) is 26.3. The van der Waals surface area contributed by atoms with E-state index >= 15 is 0 Å². The molecule has 2 rings (SSSR count). The lowest BCUT2D eigenvalue weighted by molar-refractivity contribution is -0.149. The van der Waals surface area contributed by atoms with Gasteiger partial charge in [0.25, 0.3) is 0 Å². The minimum atomic E-state index is -0.452. The molecule has 21 heavy (non-hydrogen) atoms. The molecule has 114 valence electrons. The first-order valence-electron chi connectivity index (χ1n) is 7.48. The van der Waals surface area contributed by atoms with E-state index in [0.29, 0.717) is 19.5 Å². The SMILES string of the molecule is C[C@@H]1NC(=O)[C@H](CCCCN)N(Cc2ccccc2)C1=O. The molecular formula is C16H23N3O2. The van der Waals surface area contributed by atoms with Crippen molar-refractivity contribution in [3.05, 3.63) is 35.9 Å². The Labute approximate surface area is 125 Å². The van der Waals surface area contributed by atoms with Crippen molar-refractivity contribution in [1.82, 2.24) is 10.2 Å². The van der Waals surface area contributed by atoms with Crippen LogP contribution in [0.3, 0.4) is 0 Å². The summed E-state index contributed by atoms with van der Waals surface area (Å²) < 4.78 is 0. The van der Waals surface area contributed by atoms with Crippen molar-refractivity contribution in [3.63, 3.8) is 0 Å². The van der Waals surface area contributed by atoms with Gasteiger partial charge in [0, 0.05) is 6.54 Å². The van der Waals surface area contributed by atoms with Crippen LogP contribution in [0.15, 0.2) is 30.3 Å². The van der Waals surface area contributed by atoms with E-state index in [1.807, 2.05) is 30.3 Å². The van der Waals surface area contributed by atoms with Crippen molar-refractivity contribution in [2.75, 3.05) is 6.54 Å². The first-order chi connectivity index (χ1) is 10.1. The molecule has 1 fully saturated rings. The van der Waals surface area contributed by atoms with Gasteiger partial charge in [-0.15, -0.1) is 0 Å². The molecule has 2 amide bonds. The number of hydrogen-bond acceptors (Lipinski definition) is 3. The number of unbranched alkanes of at least 4 members (excludes halogenated alkanes) is 1. The Morgan fingerprint density at radius 2 is 1.90 bits per heavy atom. The molecule has 1 aliphatic rings. The number of hydrogen-bond donors (Lipinski definition) is 2. The molecule has 1 heterocycles. The zero-order valence-electron chi connectivity index (χ0n) is 12.4. The number of nitrogens with zero attached hydrogens (tertiary/aromatic N) is 1. The predicted octanol–water partition coefficient (Wildman–Crippen LogP) is 1.03. The highest BCUT2D eigenvalue weighted by atomic mass is 16.2. The Morgan fingerprint density at radius 3 is 2.57 bits per heavy atom. The van der Waals surface area contributed by atoms with E-state index in [2.05, 4.69) is 5.32 Å². The Hall–Kier alpha value is -1.88. The molecule has 1 aliphatic heterocycles. The average molecular weight is 289 g/mol. The number of rotatable bonds is 6. The van der Waals surface area contributed by atoms with Gasteiger partial charge in [0.05, 0.1) is 0 Å². The zero-order chi connectivity index (χ0) is 15.2. The van der Waals surface area contributed by atoms with E-state index in [-0.39, 0.29) is 17.9 Å². The van der Waals surface area contributed by atoms with Gasteiger partial charge in [-0.05, 0) is 38.3 Å². The van der Waals surface area contributed by atoms with E-state index in [9.17, 15) is 9.59 Å². The number of piperazine rings is 1. The summed E-state index contributed by atoms with van der Waals surface area (Å²) in [6, 6.07) is 8.93. The molecule has 0 saturated carbocycles. The van der Waals surface area contributed by atoms with Gasteiger partial charge in [-0.2, -0.15) is 0 Å². The van der Waals surface area contributed by atoms with Crippen LogP contribution in [-0.2, 0) is 16.1 Å². The van der Waals surface area contributed by atoms with Crippen LogP contribution in [0, 0.1) is 0 Å². The van der Waals surface area contributed by atoms with E-state index in [1.54, 1.807) is 11.8 Å². The maximum Gasteiger partial charge on any atom is 0.245 e. The maximum atomic E-state index is 12.4. The van der Waals surface area contributed by atoms with Crippen LogP contribution >= 0.6 is 0 Å². The van der Waals surface area contributed by atoms with Crippen LogP contribution in [0.25, 0.3) is 0 Å². The lowest BCUT2D eigenvalue weighted by Crippen LogP contribution is -2.61. The van der Waals surface area contributed by atoms with E-state index in [1.165, 1.54) is 0 Å².